The van der Waals surface area contributed by atoms with Gasteiger partial charge in [-0.3, -0.25) is 0 Å². The lowest BCUT2D eigenvalue weighted by Gasteiger charge is -2.31. The van der Waals surface area contributed by atoms with E-state index in [0.29, 0.717) is 17.9 Å². The lowest BCUT2D eigenvalue weighted by Crippen LogP contribution is -2.31. The summed E-state index contributed by atoms with van der Waals surface area (Å²) in [6.07, 6.45) is 3.21. The molecule has 0 aromatic heterocycles. The van der Waals surface area contributed by atoms with E-state index in [2.05, 4.69) is 23.5 Å². The average molecular weight is 311 g/mol. The Labute approximate surface area is 136 Å². The maximum Gasteiger partial charge on any atom is 0.123 e. The summed E-state index contributed by atoms with van der Waals surface area (Å²) in [5.74, 6) is 2.02. The van der Waals surface area contributed by atoms with Gasteiger partial charge in [-0.05, 0) is 66.1 Å². The summed E-state index contributed by atoms with van der Waals surface area (Å²) in [4.78, 5) is 0. The highest BCUT2D eigenvalue weighted by Crippen LogP contribution is 2.42. The summed E-state index contributed by atoms with van der Waals surface area (Å²) in [7, 11) is 1.72. The molecular formula is C20H22FNO. The number of halogens is 1. The highest BCUT2D eigenvalue weighted by Gasteiger charge is 2.39. The molecule has 2 nitrogen and oxygen atoms in total. The van der Waals surface area contributed by atoms with Crippen LogP contribution < -0.4 is 10.1 Å². The van der Waals surface area contributed by atoms with Gasteiger partial charge in [-0.1, -0.05) is 18.2 Å². The predicted octanol–water partition coefficient (Wildman–Crippen LogP) is 3.69. The van der Waals surface area contributed by atoms with Gasteiger partial charge in [0.05, 0.1) is 7.11 Å². The van der Waals surface area contributed by atoms with E-state index in [1.54, 1.807) is 19.2 Å². The van der Waals surface area contributed by atoms with Gasteiger partial charge < -0.3 is 10.1 Å². The largest absolute Gasteiger partial charge is 0.497 e. The Bertz CT molecular complexity index is 715. The van der Waals surface area contributed by atoms with Crippen molar-refractivity contribution >= 4 is 0 Å². The van der Waals surface area contributed by atoms with Gasteiger partial charge in [-0.2, -0.15) is 0 Å². The number of ether oxygens (including phenoxy) is 1. The van der Waals surface area contributed by atoms with E-state index in [4.69, 9.17) is 4.74 Å². The normalized spacial score (nSPS) is 25.7. The molecule has 0 amide bonds. The minimum Gasteiger partial charge on any atom is -0.497 e. The smallest absolute Gasteiger partial charge is 0.123 e. The van der Waals surface area contributed by atoms with Crippen LogP contribution in [0.4, 0.5) is 4.39 Å². The second-order valence-electron chi connectivity index (χ2n) is 6.72. The van der Waals surface area contributed by atoms with Crippen LogP contribution in [0.3, 0.4) is 0 Å². The van der Waals surface area contributed by atoms with E-state index < -0.39 is 0 Å². The average Bonchev–Trinajstić information content (AvgIpc) is 2.97. The second-order valence-corrected chi connectivity index (χ2v) is 6.72. The molecule has 2 aliphatic rings. The first-order valence-corrected chi connectivity index (χ1v) is 8.39. The summed E-state index contributed by atoms with van der Waals surface area (Å²) in [6, 6.07) is 13.9. The first kappa shape index (κ1) is 14.7. The van der Waals surface area contributed by atoms with E-state index in [1.165, 1.54) is 23.6 Å². The van der Waals surface area contributed by atoms with E-state index in [-0.39, 0.29) is 5.82 Å². The van der Waals surface area contributed by atoms with Gasteiger partial charge in [-0.25, -0.2) is 4.39 Å². The summed E-state index contributed by atoms with van der Waals surface area (Å²) < 4.78 is 18.8. The molecule has 1 saturated heterocycles. The lowest BCUT2D eigenvalue weighted by molar-refractivity contribution is 0.370. The van der Waals surface area contributed by atoms with Crippen LogP contribution in [0.2, 0.25) is 0 Å². The summed E-state index contributed by atoms with van der Waals surface area (Å²) >= 11 is 0. The molecule has 120 valence electrons. The van der Waals surface area contributed by atoms with Crippen LogP contribution in [0.5, 0.6) is 5.75 Å². The topological polar surface area (TPSA) is 21.3 Å². The number of hydrogen-bond acceptors (Lipinski definition) is 2. The summed E-state index contributed by atoms with van der Waals surface area (Å²) in [5.41, 5.74) is 3.98. The SMILES string of the molecule is COc1ccc2c(c1)CCC1C(Cc3cccc(F)c3)NCC21. The number of nitrogens with one attached hydrogen (secondary N) is 1. The Balaban J connectivity index is 1.55. The Morgan fingerprint density at radius 3 is 2.96 bits per heavy atom. The molecule has 0 spiro atoms. The van der Waals surface area contributed by atoms with E-state index in [0.717, 1.165) is 30.7 Å². The molecule has 4 rings (SSSR count). The van der Waals surface area contributed by atoms with Crippen molar-refractivity contribution in [2.75, 3.05) is 13.7 Å². The highest BCUT2D eigenvalue weighted by molar-refractivity contribution is 5.41. The molecular weight excluding hydrogens is 289 g/mol. The Kier molecular flexibility index (Phi) is 3.82. The van der Waals surface area contributed by atoms with Crippen LogP contribution >= 0.6 is 0 Å². The molecule has 1 N–H and O–H groups in total. The third-order valence-electron chi connectivity index (χ3n) is 5.47. The predicted molar refractivity (Wildman–Crippen MR) is 89.4 cm³/mol. The zero-order valence-electron chi connectivity index (χ0n) is 13.4. The monoisotopic (exact) mass is 311 g/mol. The standard InChI is InChI=1S/C20H22FNO/c1-23-16-6-8-17-14(11-16)5-7-18-19(17)12-22-20(18)10-13-3-2-4-15(21)9-13/h2-4,6,8-9,11,18-20,22H,5,7,10,12H2,1H3. The molecule has 1 fully saturated rings. The van der Waals surface area contributed by atoms with Crippen molar-refractivity contribution in [2.24, 2.45) is 5.92 Å². The van der Waals surface area contributed by atoms with E-state index >= 15 is 0 Å². The van der Waals surface area contributed by atoms with Crippen molar-refractivity contribution in [1.29, 1.82) is 0 Å². The van der Waals surface area contributed by atoms with Crippen LogP contribution in [0.25, 0.3) is 0 Å². The molecule has 1 heterocycles. The van der Waals surface area contributed by atoms with Crippen LogP contribution in [-0.2, 0) is 12.8 Å². The van der Waals surface area contributed by atoms with Gasteiger partial charge in [0, 0.05) is 18.5 Å². The number of benzene rings is 2. The number of fused-ring (bicyclic) bond motifs is 3. The fourth-order valence-corrected chi connectivity index (χ4v) is 4.36. The Morgan fingerprint density at radius 1 is 1.22 bits per heavy atom. The lowest BCUT2D eigenvalue weighted by atomic mass is 9.73. The number of rotatable bonds is 3. The molecule has 3 atom stereocenters. The molecule has 0 bridgehead atoms. The third-order valence-corrected chi connectivity index (χ3v) is 5.47. The minimum absolute atomic E-state index is 0.141. The molecule has 1 aliphatic carbocycles. The van der Waals surface area contributed by atoms with Crippen LogP contribution in [-0.4, -0.2) is 19.7 Å². The van der Waals surface area contributed by atoms with Gasteiger partial charge in [0.25, 0.3) is 0 Å². The van der Waals surface area contributed by atoms with Crippen LogP contribution in [0, 0.1) is 11.7 Å². The molecule has 1 aliphatic heterocycles. The second kappa shape index (κ2) is 5.97. The number of methoxy groups -OCH3 is 1. The highest BCUT2D eigenvalue weighted by atomic mass is 19.1. The minimum atomic E-state index is -0.141. The van der Waals surface area contributed by atoms with Gasteiger partial charge in [0.2, 0.25) is 0 Å². The van der Waals surface area contributed by atoms with E-state index in [9.17, 15) is 4.39 Å². The number of hydrogen-bond donors (Lipinski definition) is 1. The van der Waals surface area contributed by atoms with Crippen molar-refractivity contribution in [1.82, 2.24) is 5.32 Å². The summed E-state index contributed by atoms with van der Waals surface area (Å²) in [6.45, 7) is 1.02. The quantitative estimate of drug-likeness (QED) is 0.933. The first-order valence-electron chi connectivity index (χ1n) is 8.39. The van der Waals surface area contributed by atoms with Crippen molar-refractivity contribution in [3.63, 3.8) is 0 Å². The van der Waals surface area contributed by atoms with Crippen LogP contribution in [0.15, 0.2) is 42.5 Å². The maximum absolute atomic E-state index is 13.4. The van der Waals surface area contributed by atoms with Gasteiger partial charge >= 0.3 is 0 Å². The van der Waals surface area contributed by atoms with Crippen molar-refractivity contribution in [2.45, 2.75) is 31.2 Å². The molecule has 2 aromatic rings. The van der Waals surface area contributed by atoms with Crippen molar-refractivity contribution in [3.05, 3.63) is 65.0 Å². The fraction of sp³-hybridized carbons (Fsp3) is 0.400. The fourth-order valence-electron chi connectivity index (χ4n) is 4.36. The molecule has 2 aromatic carbocycles. The molecule has 0 saturated carbocycles. The molecule has 0 radical (unpaired) electrons. The van der Waals surface area contributed by atoms with Crippen molar-refractivity contribution < 1.29 is 9.13 Å². The number of aryl methyl sites for hydroxylation is 1. The zero-order valence-corrected chi connectivity index (χ0v) is 13.4. The van der Waals surface area contributed by atoms with Gasteiger partial charge in [0.1, 0.15) is 11.6 Å². The zero-order chi connectivity index (χ0) is 15.8. The molecule has 3 heteroatoms. The Hall–Kier alpha value is -1.87. The molecule has 23 heavy (non-hydrogen) atoms. The third kappa shape index (κ3) is 2.74. The van der Waals surface area contributed by atoms with Gasteiger partial charge in [-0.15, -0.1) is 0 Å². The van der Waals surface area contributed by atoms with E-state index in [1.807, 2.05) is 6.07 Å². The van der Waals surface area contributed by atoms with Crippen LogP contribution in [0.1, 0.15) is 29.0 Å². The maximum atomic E-state index is 13.4. The summed E-state index contributed by atoms with van der Waals surface area (Å²) in [5, 5.41) is 3.68. The molecule has 3 unspecified atom stereocenters. The van der Waals surface area contributed by atoms with Crippen molar-refractivity contribution in [3.8, 4) is 5.75 Å². The Morgan fingerprint density at radius 2 is 2.13 bits per heavy atom. The van der Waals surface area contributed by atoms with Gasteiger partial charge in [0.15, 0.2) is 0 Å². The first-order chi connectivity index (χ1) is 11.2.